The molecule has 0 amide bonds. The minimum absolute atomic E-state index is 0.200. The van der Waals surface area contributed by atoms with Crippen LogP contribution >= 0.6 is 0 Å². The Morgan fingerprint density at radius 3 is 2.17 bits per heavy atom. The molecule has 2 rings (SSSR count). The Balaban J connectivity index is 2.70. The molecular formula is C13H9F4N. The smallest absolute Gasteiger partial charge is 0.195 e. The van der Waals surface area contributed by atoms with E-state index in [1.807, 2.05) is 0 Å². The fourth-order valence-corrected chi connectivity index (χ4v) is 1.63. The van der Waals surface area contributed by atoms with Crippen LogP contribution in [0.1, 0.15) is 5.56 Å². The Kier molecular flexibility index (Phi) is 2.98. The number of nitrogen functional groups attached to an aromatic ring is 1. The SMILES string of the molecule is Cc1cc(F)c(-c2ccc(F)c(F)c2F)cc1N. The highest BCUT2D eigenvalue weighted by molar-refractivity contribution is 5.70. The molecule has 5 heteroatoms. The molecule has 0 spiro atoms. The van der Waals surface area contributed by atoms with Crippen LogP contribution in [-0.2, 0) is 0 Å². The van der Waals surface area contributed by atoms with Crippen molar-refractivity contribution in [1.29, 1.82) is 0 Å². The summed E-state index contributed by atoms with van der Waals surface area (Å²) in [4.78, 5) is 0. The Labute approximate surface area is 101 Å². The number of benzene rings is 2. The van der Waals surface area contributed by atoms with Gasteiger partial charge in [0.2, 0.25) is 0 Å². The predicted molar refractivity (Wildman–Crippen MR) is 60.9 cm³/mol. The van der Waals surface area contributed by atoms with Crippen LogP contribution in [-0.4, -0.2) is 0 Å². The topological polar surface area (TPSA) is 26.0 Å². The third-order valence-electron chi connectivity index (χ3n) is 2.68. The summed E-state index contributed by atoms with van der Waals surface area (Å²) in [7, 11) is 0. The number of halogens is 4. The van der Waals surface area contributed by atoms with Crippen LogP contribution in [0.2, 0.25) is 0 Å². The van der Waals surface area contributed by atoms with Gasteiger partial charge in [0.1, 0.15) is 5.82 Å². The van der Waals surface area contributed by atoms with Gasteiger partial charge in [-0.05, 0) is 36.8 Å². The van der Waals surface area contributed by atoms with Crippen LogP contribution in [0.4, 0.5) is 23.2 Å². The number of nitrogens with two attached hydrogens (primary N) is 1. The van der Waals surface area contributed by atoms with Gasteiger partial charge in [0.15, 0.2) is 17.5 Å². The Morgan fingerprint density at radius 2 is 1.50 bits per heavy atom. The summed E-state index contributed by atoms with van der Waals surface area (Å²) in [6, 6.07) is 4.02. The highest BCUT2D eigenvalue weighted by Gasteiger charge is 2.17. The van der Waals surface area contributed by atoms with Crippen molar-refractivity contribution < 1.29 is 17.6 Å². The van der Waals surface area contributed by atoms with E-state index in [-0.39, 0.29) is 16.8 Å². The molecule has 2 aromatic rings. The maximum absolute atomic E-state index is 13.7. The molecule has 18 heavy (non-hydrogen) atoms. The monoisotopic (exact) mass is 255 g/mol. The van der Waals surface area contributed by atoms with Crippen molar-refractivity contribution in [1.82, 2.24) is 0 Å². The highest BCUT2D eigenvalue weighted by Crippen LogP contribution is 2.30. The number of hydrogen-bond acceptors (Lipinski definition) is 1. The first-order chi connectivity index (χ1) is 8.41. The van der Waals surface area contributed by atoms with Crippen molar-refractivity contribution in [2.75, 3.05) is 5.73 Å². The third-order valence-corrected chi connectivity index (χ3v) is 2.68. The van der Waals surface area contributed by atoms with Crippen molar-refractivity contribution in [3.8, 4) is 11.1 Å². The van der Waals surface area contributed by atoms with Crippen LogP contribution in [0.25, 0.3) is 11.1 Å². The molecule has 0 saturated carbocycles. The van der Waals surface area contributed by atoms with Gasteiger partial charge in [-0.15, -0.1) is 0 Å². The van der Waals surface area contributed by atoms with Gasteiger partial charge in [0, 0.05) is 16.8 Å². The molecule has 0 aliphatic carbocycles. The van der Waals surface area contributed by atoms with Crippen LogP contribution < -0.4 is 5.73 Å². The van der Waals surface area contributed by atoms with Gasteiger partial charge in [-0.2, -0.15) is 0 Å². The van der Waals surface area contributed by atoms with Crippen LogP contribution in [0.15, 0.2) is 24.3 Å². The average Bonchev–Trinajstić information content (AvgIpc) is 2.32. The predicted octanol–water partition coefficient (Wildman–Crippen LogP) is 3.80. The number of anilines is 1. The number of aryl methyl sites for hydroxylation is 1. The summed E-state index contributed by atoms with van der Waals surface area (Å²) in [6.07, 6.45) is 0. The molecule has 0 aliphatic rings. The third kappa shape index (κ3) is 1.92. The molecule has 0 atom stereocenters. The lowest BCUT2D eigenvalue weighted by Gasteiger charge is -2.09. The molecule has 1 nitrogen and oxygen atoms in total. The summed E-state index contributed by atoms with van der Waals surface area (Å²) in [6.45, 7) is 1.59. The quantitative estimate of drug-likeness (QED) is 0.468. The Bertz CT molecular complexity index is 623. The molecule has 0 aliphatic heterocycles. The molecular weight excluding hydrogens is 246 g/mol. The first kappa shape index (κ1) is 12.4. The van der Waals surface area contributed by atoms with E-state index in [9.17, 15) is 17.6 Å². The van der Waals surface area contributed by atoms with E-state index >= 15 is 0 Å². The van der Waals surface area contributed by atoms with Crippen LogP contribution in [0.5, 0.6) is 0 Å². The first-order valence-corrected chi connectivity index (χ1v) is 5.11. The van der Waals surface area contributed by atoms with E-state index in [2.05, 4.69) is 0 Å². The van der Waals surface area contributed by atoms with Crippen LogP contribution in [0, 0.1) is 30.2 Å². The van der Waals surface area contributed by atoms with Gasteiger partial charge in [-0.3, -0.25) is 0 Å². The Hall–Kier alpha value is -2.04. The van der Waals surface area contributed by atoms with Gasteiger partial charge in [-0.1, -0.05) is 0 Å². The van der Waals surface area contributed by atoms with Gasteiger partial charge < -0.3 is 5.73 Å². The largest absolute Gasteiger partial charge is 0.398 e. The van der Waals surface area contributed by atoms with E-state index in [0.29, 0.717) is 5.56 Å². The van der Waals surface area contributed by atoms with Gasteiger partial charge >= 0.3 is 0 Å². The fraction of sp³-hybridized carbons (Fsp3) is 0.0769. The summed E-state index contributed by atoms with van der Waals surface area (Å²) in [5.74, 6) is -5.13. The van der Waals surface area contributed by atoms with E-state index < -0.39 is 23.3 Å². The number of rotatable bonds is 1. The second-order valence-electron chi connectivity index (χ2n) is 3.91. The van der Waals surface area contributed by atoms with Gasteiger partial charge in [-0.25, -0.2) is 17.6 Å². The van der Waals surface area contributed by atoms with Crippen molar-refractivity contribution in [2.45, 2.75) is 6.92 Å². The maximum Gasteiger partial charge on any atom is 0.195 e. The zero-order valence-electron chi connectivity index (χ0n) is 9.40. The molecule has 0 bridgehead atoms. The van der Waals surface area contributed by atoms with Crippen LogP contribution in [0.3, 0.4) is 0 Å². The molecule has 0 saturated heterocycles. The standard InChI is InChI=1S/C13H9F4N/c1-6-4-10(15)8(5-11(6)18)7-2-3-9(14)13(17)12(7)16/h2-5H,18H2,1H3. The number of hydrogen-bond donors (Lipinski definition) is 1. The minimum atomic E-state index is -1.63. The zero-order chi connectivity index (χ0) is 13.4. The minimum Gasteiger partial charge on any atom is -0.398 e. The molecule has 0 heterocycles. The van der Waals surface area contributed by atoms with Crippen molar-refractivity contribution >= 4 is 5.69 Å². The summed E-state index contributed by atoms with van der Waals surface area (Å²) in [5, 5.41) is 0. The fourth-order valence-electron chi connectivity index (χ4n) is 1.63. The molecule has 0 radical (unpaired) electrons. The van der Waals surface area contributed by atoms with Gasteiger partial charge in [0.05, 0.1) is 0 Å². The van der Waals surface area contributed by atoms with Gasteiger partial charge in [0.25, 0.3) is 0 Å². The lowest BCUT2D eigenvalue weighted by Crippen LogP contribution is -1.98. The van der Waals surface area contributed by atoms with Crippen molar-refractivity contribution in [3.05, 3.63) is 53.1 Å². The molecule has 2 aromatic carbocycles. The van der Waals surface area contributed by atoms with E-state index in [4.69, 9.17) is 5.73 Å². The van der Waals surface area contributed by atoms with E-state index in [1.54, 1.807) is 6.92 Å². The highest BCUT2D eigenvalue weighted by atomic mass is 19.2. The average molecular weight is 255 g/mol. The van der Waals surface area contributed by atoms with E-state index in [1.165, 1.54) is 6.07 Å². The zero-order valence-corrected chi connectivity index (χ0v) is 9.40. The molecule has 0 fully saturated rings. The summed E-state index contributed by atoms with van der Waals surface area (Å²) < 4.78 is 53.1. The molecule has 94 valence electrons. The molecule has 2 N–H and O–H groups in total. The summed E-state index contributed by atoms with van der Waals surface area (Å²) >= 11 is 0. The molecule has 0 unspecified atom stereocenters. The first-order valence-electron chi connectivity index (χ1n) is 5.11. The lowest BCUT2D eigenvalue weighted by atomic mass is 10.0. The normalized spacial score (nSPS) is 10.7. The van der Waals surface area contributed by atoms with E-state index in [0.717, 1.165) is 18.2 Å². The lowest BCUT2D eigenvalue weighted by molar-refractivity contribution is 0.448. The Morgan fingerprint density at radius 1 is 0.833 bits per heavy atom. The van der Waals surface area contributed by atoms with Crippen molar-refractivity contribution in [2.24, 2.45) is 0 Å². The van der Waals surface area contributed by atoms with Crippen molar-refractivity contribution in [3.63, 3.8) is 0 Å². The molecule has 0 aromatic heterocycles. The second-order valence-corrected chi connectivity index (χ2v) is 3.91. The second kappa shape index (κ2) is 4.33. The maximum atomic E-state index is 13.7. The summed E-state index contributed by atoms with van der Waals surface area (Å²) in [5.41, 5.74) is 5.76.